The van der Waals surface area contributed by atoms with Crippen LogP contribution in [0.15, 0.2) is 36.4 Å². The summed E-state index contributed by atoms with van der Waals surface area (Å²) in [5.41, 5.74) is 5.61. The van der Waals surface area contributed by atoms with E-state index in [4.69, 9.17) is 0 Å². The van der Waals surface area contributed by atoms with Crippen LogP contribution in [0.3, 0.4) is 0 Å². The molecule has 1 amide bonds. The molecule has 2 rings (SSSR count). The highest BCUT2D eigenvalue weighted by Gasteiger charge is 2.18. The van der Waals surface area contributed by atoms with Crippen molar-refractivity contribution >= 4 is 27.3 Å². The molecule has 1 N–H and O–H groups in total. The molecule has 2 aromatic carbocycles. The number of hydrogen-bond acceptors (Lipinski definition) is 3. The fourth-order valence-electron chi connectivity index (χ4n) is 3.06. The smallest absolute Gasteiger partial charge is 0.232 e. The molecule has 5 nitrogen and oxygen atoms in total. The average Bonchev–Trinajstić information content (AvgIpc) is 2.53. The Labute approximate surface area is 162 Å². The molecule has 0 aliphatic carbocycles. The molecule has 0 spiro atoms. The van der Waals surface area contributed by atoms with Gasteiger partial charge in [0, 0.05) is 18.7 Å². The SMILES string of the molecule is Cc1cc(C)cc(N(CCCC(=O)Nc2cccc(C)c2C)S(C)(=O)=O)c1. The zero-order chi connectivity index (χ0) is 20.2. The van der Waals surface area contributed by atoms with E-state index in [0.29, 0.717) is 12.1 Å². The molecule has 0 aromatic heterocycles. The summed E-state index contributed by atoms with van der Waals surface area (Å²) in [6.07, 6.45) is 1.89. The van der Waals surface area contributed by atoms with Crippen LogP contribution < -0.4 is 9.62 Å². The predicted molar refractivity (Wildman–Crippen MR) is 112 cm³/mol. The highest BCUT2D eigenvalue weighted by Crippen LogP contribution is 2.22. The number of carbonyl (C=O) groups excluding carboxylic acids is 1. The normalized spacial score (nSPS) is 11.3. The van der Waals surface area contributed by atoms with Gasteiger partial charge in [0.25, 0.3) is 0 Å². The monoisotopic (exact) mass is 388 g/mol. The minimum absolute atomic E-state index is 0.113. The molecule has 0 atom stereocenters. The Morgan fingerprint density at radius 2 is 1.67 bits per heavy atom. The maximum Gasteiger partial charge on any atom is 0.232 e. The number of sulfonamides is 1. The molecule has 0 aliphatic heterocycles. The summed E-state index contributed by atoms with van der Waals surface area (Å²) in [5.74, 6) is -0.113. The van der Waals surface area contributed by atoms with Gasteiger partial charge < -0.3 is 5.32 Å². The first kappa shape index (κ1) is 21.0. The minimum Gasteiger partial charge on any atom is -0.326 e. The van der Waals surface area contributed by atoms with E-state index in [9.17, 15) is 13.2 Å². The van der Waals surface area contributed by atoms with Gasteiger partial charge in [-0.2, -0.15) is 0 Å². The zero-order valence-corrected chi connectivity index (χ0v) is 17.5. The summed E-state index contributed by atoms with van der Waals surface area (Å²) >= 11 is 0. The van der Waals surface area contributed by atoms with E-state index in [1.165, 1.54) is 10.6 Å². The number of hydrogen-bond donors (Lipinski definition) is 1. The highest BCUT2D eigenvalue weighted by molar-refractivity contribution is 7.92. The van der Waals surface area contributed by atoms with Crippen LogP contribution in [0, 0.1) is 27.7 Å². The summed E-state index contributed by atoms with van der Waals surface area (Å²) in [6, 6.07) is 11.5. The number of amides is 1. The van der Waals surface area contributed by atoms with Crippen molar-refractivity contribution < 1.29 is 13.2 Å². The van der Waals surface area contributed by atoms with Crippen molar-refractivity contribution in [3.8, 4) is 0 Å². The first-order valence-electron chi connectivity index (χ1n) is 9.00. The Morgan fingerprint density at radius 3 is 2.26 bits per heavy atom. The molecule has 0 fully saturated rings. The third kappa shape index (κ3) is 5.82. The maximum atomic E-state index is 12.3. The second kappa shape index (κ2) is 8.57. The largest absolute Gasteiger partial charge is 0.326 e. The Morgan fingerprint density at radius 1 is 1.04 bits per heavy atom. The fraction of sp³-hybridized carbons (Fsp3) is 0.381. The van der Waals surface area contributed by atoms with Gasteiger partial charge in [-0.25, -0.2) is 8.42 Å². The zero-order valence-electron chi connectivity index (χ0n) is 16.7. The lowest BCUT2D eigenvalue weighted by atomic mass is 10.1. The standard InChI is InChI=1S/C21H28N2O3S/c1-15-12-16(2)14-19(13-15)23(27(5,25)26)11-7-10-21(24)22-20-9-6-8-17(3)18(20)4/h6,8-9,12-14H,7,10-11H2,1-5H3,(H,22,24). The quantitative estimate of drug-likeness (QED) is 0.776. The lowest BCUT2D eigenvalue weighted by Gasteiger charge is -2.23. The Hall–Kier alpha value is -2.34. The molecule has 0 unspecified atom stereocenters. The Bertz CT molecular complexity index is 916. The molecule has 0 heterocycles. The average molecular weight is 389 g/mol. The summed E-state index contributed by atoms with van der Waals surface area (Å²) in [5, 5.41) is 2.91. The molecule has 0 saturated heterocycles. The van der Waals surface area contributed by atoms with Crippen molar-refractivity contribution in [3.63, 3.8) is 0 Å². The van der Waals surface area contributed by atoms with Gasteiger partial charge in [0.05, 0.1) is 11.9 Å². The summed E-state index contributed by atoms with van der Waals surface area (Å²) in [7, 11) is -3.42. The van der Waals surface area contributed by atoms with Crippen LogP contribution in [-0.4, -0.2) is 27.1 Å². The second-order valence-electron chi connectivity index (χ2n) is 7.08. The third-order valence-electron chi connectivity index (χ3n) is 4.54. The highest BCUT2D eigenvalue weighted by atomic mass is 32.2. The predicted octanol–water partition coefficient (Wildman–Crippen LogP) is 4.11. The van der Waals surface area contributed by atoms with Gasteiger partial charge in [-0.1, -0.05) is 18.2 Å². The first-order chi connectivity index (χ1) is 12.6. The fourth-order valence-corrected chi connectivity index (χ4v) is 4.01. The van der Waals surface area contributed by atoms with Crippen molar-refractivity contribution in [2.45, 2.75) is 40.5 Å². The lowest BCUT2D eigenvalue weighted by molar-refractivity contribution is -0.116. The van der Waals surface area contributed by atoms with E-state index in [2.05, 4.69) is 5.32 Å². The molecule has 27 heavy (non-hydrogen) atoms. The van der Waals surface area contributed by atoms with E-state index in [1.54, 1.807) is 0 Å². The minimum atomic E-state index is -3.42. The molecule has 0 bridgehead atoms. The topological polar surface area (TPSA) is 66.5 Å². The van der Waals surface area contributed by atoms with Crippen LogP contribution in [-0.2, 0) is 14.8 Å². The number of rotatable bonds is 7. The van der Waals surface area contributed by atoms with Crippen LogP contribution >= 0.6 is 0 Å². The lowest BCUT2D eigenvalue weighted by Crippen LogP contribution is -2.31. The number of nitrogens with one attached hydrogen (secondary N) is 1. The van der Waals surface area contributed by atoms with Crippen molar-refractivity contribution in [3.05, 3.63) is 58.7 Å². The van der Waals surface area contributed by atoms with Gasteiger partial charge in [0.2, 0.25) is 15.9 Å². The maximum absolute atomic E-state index is 12.3. The van der Waals surface area contributed by atoms with Gasteiger partial charge in [-0.15, -0.1) is 0 Å². The Kier molecular flexibility index (Phi) is 6.65. The number of carbonyl (C=O) groups is 1. The summed E-state index contributed by atoms with van der Waals surface area (Å²) < 4.78 is 25.8. The van der Waals surface area contributed by atoms with Gasteiger partial charge in [-0.3, -0.25) is 9.10 Å². The Balaban J connectivity index is 2.03. The van der Waals surface area contributed by atoms with Crippen LogP contribution in [0.1, 0.15) is 35.1 Å². The van der Waals surface area contributed by atoms with Crippen molar-refractivity contribution in [2.24, 2.45) is 0 Å². The third-order valence-corrected chi connectivity index (χ3v) is 5.73. The van der Waals surface area contributed by atoms with Crippen molar-refractivity contribution in [1.29, 1.82) is 0 Å². The van der Waals surface area contributed by atoms with Gasteiger partial charge in [0.15, 0.2) is 0 Å². The van der Waals surface area contributed by atoms with Crippen LogP contribution in [0.25, 0.3) is 0 Å². The summed E-state index contributed by atoms with van der Waals surface area (Å²) in [4.78, 5) is 12.3. The number of anilines is 2. The van der Waals surface area contributed by atoms with Crippen LogP contribution in [0.2, 0.25) is 0 Å². The van der Waals surface area contributed by atoms with Crippen LogP contribution in [0.4, 0.5) is 11.4 Å². The van der Waals surface area contributed by atoms with E-state index in [-0.39, 0.29) is 18.9 Å². The summed E-state index contributed by atoms with van der Waals surface area (Å²) in [6.45, 7) is 8.11. The second-order valence-corrected chi connectivity index (χ2v) is 8.99. The van der Waals surface area contributed by atoms with E-state index < -0.39 is 10.0 Å². The molecule has 146 valence electrons. The molecule has 2 aromatic rings. The van der Waals surface area contributed by atoms with Crippen LogP contribution in [0.5, 0.6) is 0 Å². The number of nitrogens with zero attached hydrogens (tertiary/aromatic N) is 1. The molecule has 0 radical (unpaired) electrons. The van der Waals surface area contributed by atoms with Gasteiger partial charge >= 0.3 is 0 Å². The molecular weight excluding hydrogens is 360 g/mol. The molecule has 6 heteroatoms. The van der Waals surface area contributed by atoms with Crippen molar-refractivity contribution in [2.75, 3.05) is 22.4 Å². The molecule has 0 saturated carbocycles. The van der Waals surface area contributed by atoms with Gasteiger partial charge in [0.1, 0.15) is 0 Å². The van der Waals surface area contributed by atoms with E-state index >= 15 is 0 Å². The first-order valence-corrected chi connectivity index (χ1v) is 10.8. The number of aryl methyl sites for hydroxylation is 3. The molecular formula is C21H28N2O3S. The number of benzene rings is 2. The van der Waals surface area contributed by atoms with E-state index in [1.807, 2.05) is 64.1 Å². The van der Waals surface area contributed by atoms with Gasteiger partial charge in [-0.05, 0) is 74.6 Å². The molecule has 0 aliphatic rings. The van der Waals surface area contributed by atoms with E-state index in [0.717, 1.165) is 27.9 Å². The van der Waals surface area contributed by atoms with Crippen molar-refractivity contribution in [1.82, 2.24) is 0 Å².